The molecule has 0 atom stereocenters. The molecule has 6 heteroatoms. The lowest BCUT2D eigenvalue weighted by Gasteiger charge is -2.26. The summed E-state index contributed by atoms with van der Waals surface area (Å²) in [5, 5.41) is 16.0. The first-order chi connectivity index (χ1) is 9.91. The summed E-state index contributed by atoms with van der Waals surface area (Å²) in [5.41, 5.74) is 0.444. The Hall–Kier alpha value is -2.37. The topological polar surface area (TPSA) is 87.1 Å². The van der Waals surface area contributed by atoms with Crippen LogP contribution in [-0.2, 0) is 4.79 Å². The number of aliphatic carboxylic acids is 1. The number of carboxylic acid groups (broad SMARTS) is 1. The van der Waals surface area contributed by atoms with Crippen molar-refractivity contribution in [2.45, 2.75) is 32.2 Å². The molecule has 0 aliphatic rings. The van der Waals surface area contributed by atoms with Crippen LogP contribution in [0.25, 0.3) is 10.9 Å². The van der Waals surface area contributed by atoms with E-state index in [1.165, 1.54) is 0 Å². The van der Waals surface area contributed by atoms with Gasteiger partial charge in [0.05, 0.1) is 5.52 Å². The molecule has 6 nitrogen and oxygen atoms in total. The Balaban J connectivity index is 2.28. The van der Waals surface area contributed by atoms with Gasteiger partial charge in [0.1, 0.15) is 5.82 Å². The second-order valence-corrected chi connectivity index (χ2v) is 5.57. The van der Waals surface area contributed by atoms with E-state index in [2.05, 4.69) is 20.6 Å². The molecular formula is C15H20N4O2. The Morgan fingerprint density at radius 3 is 2.67 bits per heavy atom. The molecular weight excluding hydrogens is 268 g/mol. The van der Waals surface area contributed by atoms with Crippen molar-refractivity contribution in [1.29, 1.82) is 0 Å². The third-order valence-corrected chi connectivity index (χ3v) is 3.25. The van der Waals surface area contributed by atoms with Gasteiger partial charge in [0.2, 0.25) is 5.95 Å². The fourth-order valence-corrected chi connectivity index (χ4v) is 2.11. The predicted molar refractivity (Wildman–Crippen MR) is 83.7 cm³/mol. The van der Waals surface area contributed by atoms with Crippen LogP contribution in [0.3, 0.4) is 0 Å². The minimum atomic E-state index is -0.805. The number of nitrogens with one attached hydrogen (secondary N) is 2. The van der Waals surface area contributed by atoms with Crippen LogP contribution in [0.2, 0.25) is 0 Å². The zero-order valence-corrected chi connectivity index (χ0v) is 12.5. The number of carboxylic acids is 1. The molecule has 1 heterocycles. The summed E-state index contributed by atoms with van der Waals surface area (Å²) in [7, 11) is 1.81. The van der Waals surface area contributed by atoms with E-state index < -0.39 is 11.5 Å². The summed E-state index contributed by atoms with van der Waals surface area (Å²) in [6.07, 6.45) is 0.597. The van der Waals surface area contributed by atoms with Crippen molar-refractivity contribution >= 4 is 28.6 Å². The number of aromatic nitrogens is 2. The van der Waals surface area contributed by atoms with Crippen molar-refractivity contribution in [2.75, 3.05) is 17.7 Å². The van der Waals surface area contributed by atoms with E-state index in [1.54, 1.807) is 0 Å². The third-order valence-electron chi connectivity index (χ3n) is 3.25. The molecule has 2 aromatic rings. The number of fused-ring (bicyclic) bond motifs is 1. The number of benzene rings is 1. The first kappa shape index (κ1) is 15.0. The smallest absolute Gasteiger partial charge is 0.303 e. The molecule has 1 aromatic carbocycles. The molecule has 0 aliphatic heterocycles. The van der Waals surface area contributed by atoms with Gasteiger partial charge in [-0.2, -0.15) is 4.98 Å². The van der Waals surface area contributed by atoms with Gasteiger partial charge in [0.25, 0.3) is 0 Å². The second kappa shape index (κ2) is 5.95. The lowest BCUT2D eigenvalue weighted by molar-refractivity contribution is -0.137. The third kappa shape index (κ3) is 3.81. The number of nitrogens with zero attached hydrogens (tertiary/aromatic N) is 2. The first-order valence-corrected chi connectivity index (χ1v) is 6.86. The molecule has 0 bridgehead atoms. The molecule has 0 amide bonds. The number of hydrogen-bond donors (Lipinski definition) is 3. The number of carbonyl (C=O) groups is 1. The molecule has 112 valence electrons. The SMILES string of the molecule is CNc1nc(NC(C)(C)CCC(=O)O)nc2ccccc12. The van der Waals surface area contributed by atoms with E-state index in [4.69, 9.17) is 5.11 Å². The zero-order chi connectivity index (χ0) is 15.5. The van der Waals surface area contributed by atoms with Crippen LogP contribution in [0, 0.1) is 0 Å². The molecule has 0 radical (unpaired) electrons. The number of para-hydroxylation sites is 1. The van der Waals surface area contributed by atoms with Crippen LogP contribution in [0.5, 0.6) is 0 Å². The highest BCUT2D eigenvalue weighted by Crippen LogP contribution is 2.24. The van der Waals surface area contributed by atoms with Gasteiger partial charge >= 0.3 is 5.97 Å². The van der Waals surface area contributed by atoms with E-state index in [1.807, 2.05) is 45.2 Å². The van der Waals surface area contributed by atoms with Gasteiger partial charge < -0.3 is 15.7 Å². The highest BCUT2D eigenvalue weighted by Gasteiger charge is 2.20. The second-order valence-electron chi connectivity index (χ2n) is 5.57. The van der Waals surface area contributed by atoms with Crippen molar-refractivity contribution in [3.63, 3.8) is 0 Å². The van der Waals surface area contributed by atoms with Crippen molar-refractivity contribution < 1.29 is 9.90 Å². The maximum absolute atomic E-state index is 10.7. The maximum atomic E-state index is 10.7. The maximum Gasteiger partial charge on any atom is 0.303 e. The summed E-state index contributed by atoms with van der Waals surface area (Å²) in [6.45, 7) is 3.88. The fourth-order valence-electron chi connectivity index (χ4n) is 2.11. The number of anilines is 2. The zero-order valence-electron chi connectivity index (χ0n) is 12.5. The Bertz CT molecular complexity index is 655. The summed E-state index contributed by atoms with van der Waals surface area (Å²) in [4.78, 5) is 19.6. The largest absolute Gasteiger partial charge is 0.481 e. The highest BCUT2D eigenvalue weighted by molar-refractivity contribution is 5.89. The molecule has 3 N–H and O–H groups in total. The van der Waals surface area contributed by atoms with Gasteiger partial charge in [-0.15, -0.1) is 0 Å². The van der Waals surface area contributed by atoms with Gasteiger partial charge in [-0.1, -0.05) is 12.1 Å². The van der Waals surface area contributed by atoms with Crippen LogP contribution in [0.1, 0.15) is 26.7 Å². The molecule has 0 aliphatic carbocycles. The van der Waals surface area contributed by atoms with E-state index >= 15 is 0 Å². The minimum absolute atomic E-state index is 0.104. The monoisotopic (exact) mass is 288 g/mol. The van der Waals surface area contributed by atoms with Crippen molar-refractivity contribution in [3.8, 4) is 0 Å². The average molecular weight is 288 g/mol. The summed E-state index contributed by atoms with van der Waals surface area (Å²) in [6, 6.07) is 7.75. The Kier molecular flexibility index (Phi) is 4.26. The van der Waals surface area contributed by atoms with E-state index in [0.29, 0.717) is 12.4 Å². The van der Waals surface area contributed by atoms with Gasteiger partial charge in [0, 0.05) is 24.4 Å². The minimum Gasteiger partial charge on any atom is -0.481 e. The summed E-state index contributed by atoms with van der Waals surface area (Å²) < 4.78 is 0. The molecule has 0 spiro atoms. The highest BCUT2D eigenvalue weighted by atomic mass is 16.4. The molecule has 0 unspecified atom stereocenters. The number of hydrogen-bond acceptors (Lipinski definition) is 5. The standard InChI is InChI=1S/C15H20N4O2/c1-15(2,9-8-12(20)21)19-14-17-11-7-5-4-6-10(11)13(16-3)18-14/h4-7H,8-9H2,1-3H3,(H,20,21)(H2,16,17,18,19). The van der Waals surface area contributed by atoms with Crippen LogP contribution in [0.4, 0.5) is 11.8 Å². The molecule has 0 saturated carbocycles. The molecule has 2 rings (SSSR count). The molecule has 0 saturated heterocycles. The van der Waals surface area contributed by atoms with Crippen molar-refractivity contribution in [2.24, 2.45) is 0 Å². The van der Waals surface area contributed by atoms with E-state index in [-0.39, 0.29) is 6.42 Å². The van der Waals surface area contributed by atoms with E-state index in [9.17, 15) is 4.79 Å². The number of rotatable bonds is 6. The first-order valence-electron chi connectivity index (χ1n) is 6.86. The van der Waals surface area contributed by atoms with Gasteiger partial charge in [-0.3, -0.25) is 4.79 Å². The normalized spacial score (nSPS) is 11.4. The predicted octanol–water partition coefficient (Wildman–Crippen LogP) is 2.73. The van der Waals surface area contributed by atoms with Crippen LogP contribution < -0.4 is 10.6 Å². The van der Waals surface area contributed by atoms with Crippen LogP contribution in [0.15, 0.2) is 24.3 Å². The summed E-state index contributed by atoms with van der Waals surface area (Å²) in [5.74, 6) is 0.436. The Morgan fingerprint density at radius 1 is 1.29 bits per heavy atom. The van der Waals surface area contributed by atoms with Crippen LogP contribution >= 0.6 is 0 Å². The molecule has 0 fully saturated rings. The lowest BCUT2D eigenvalue weighted by Crippen LogP contribution is -2.32. The van der Waals surface area contributed by atoms with Gasteiger partial charge in [-0.05, 0) is 32.4 Å². The van der Waals surface area contributed by atoms with Gasteiger partial charge in [-0.25, -0.2) is 4.98 Å². The quantitative estimate of drug-likeness (QED) is 0.757. The Morgan fingerprint density at radius 2 is 2.00 bits per heavy atom. The van der Waals surface area contributed by atoms with Gasteiger partial charge in [0.15, 0.2) is 0 Å². The summed E-state index contributed by atoms with van der Waals surface area (Å²) >= 11 is 0. The molecule has 1 aromatic heterocycles. The fraction of sp³-hybridized carbons (Fsp3) is 0.400. The van der Waals surface area contributed by atoms with Crippen LogP contribution in [-0.4, -0.2) is 33.6 Å². The van der Waals surface area contributed by atoms with Crippen molar-refractivity contribution in [1.82, 2.24) is 9.97 Å². The van der Waals surface area contributed by atoms with Crippen molar-refractivity contribution in [3.05, 3.63) is 24.3 Å². The average Bonchev–Trinajstić information content (AvgIpc) is 2.44. The van der Waals surface area contributed by atoms with E-state index in [0.717, 1.165) is 16.7 Å². The molecule has 21 heavy (non-hydrogen) atoms. The Labute approximate surface area is 123 Å². The lowest BCUT2D eigenvalue weighted by atomic mass is 9.99.